The molecule has 2 aliphatic rings. The molecule has 1 saturated heterocycles. The molecule has 1 fully saturated rings. The van der Waals surface area contributed by atoms with Crippen LogP contribution in [-0.2, 0) is 16.1 Å². The molecule has 1 aromatic heterocycles. The van der Waals surface area contributed by atoms with Gasteiger partial charge in [-0.2, -0.15) is 0 Å². The molecule has 3 heterocycles. The van der Waals surface area contributed by atoms with Crippen LogP contribution in [0, 0.1) is 5.92 Å². The predicted molar refractivity (Wildman–Crippen MR) is 96.5 cm³/mol. The Morgan fingerprint density at radius 3 is 2.84 bits per heavy atom. The minimum Gasteiger partial charge on any atom is -0.348 e. The van der Waals surface area contributed by atoms with E-state index >= 15 is 0 Å². The van der Waals surface area contributed by atoms with Crippen LogP contribution in [-0.4, -0.2) is 34.4 Å². The first-order valence-corrected chi connectivity index (χ1v) is 8.94. The summed E-state index contributed by atoms with van der Waals surface area (Å²) in [5, 5.41) is 0.588. The second kappa shape index (κ2) is 6.23. The minimum absolute atomic E-state index is 0.0198. The van der Waals surface area contributed by atoms with E-state index in [1.807, 2.05) is 29.3 Å². The summed E-state index contributed by atoms with van der Waals surface area (Å²) >= 11 is 6.03. The van der Waals surface area contributed by atoms with E-state index in [1.54, 1.807) is 17.0 Å². The van der Waals surface area contributed by atoms with Crippen molar-refractivity contribution in [2.24, 2.45) is 5.92 Å². The van der Waals surface area contributed by atoms with Gasteiger partial charge in [0.2, 0.25) is 11.8 Å². The van der Waals surface area contributed by atoms with Crippen molar-refractivity contribution >= 4 is 29.1 Å². The third-order valence-electron chi connectivity index (χ3n) is 5.22. The fraction of sp³-hybridized carbons (Fsp3) is 0.368. The summed E-state index contributed by atoms with van der Waals surface area (Å²) < 4.78 is 2.19. The second-order valence-electron chi connectivity index (χ2n) is 6.72. The summed E-state index contributed by atoms with van der Waals surface area (Å²) in [5.74, 6) is -0.248. The highest BCUT2D eigenvalue weighted by Crippen LogP contribution is 2.32. The molecule has 1 aromatic carbocycles. The van der Waals surface area contributed by atoms with Crippen molar-refractivity contribution in [3.05, 3.63) is 53.3 Å². The minimum atomic E-state index is -0.296. The number of carbonyl (C=O) groups is 2. The SMILES string of the molecule is C[C@@H]1c2cccn2CCN1C(=O)[C@H]1CC(=O)N(c2cccc(Cl)c2)C1. The van der Waals surface area contributed by atoms with E-state index in [-0.39, 0.29) is 30.2 Å². The van der Waals surface area contributed by atoms with E-state index in [0.717, 1.165) is 17.9 Å². The van der Waals surface area contributed by atoms with E-state index < -0.39 is 0 Å². The maximum absolute atomic E-state index is 13.0. The average molecular weight is 358 g/mol. The molecule has 0 spiro atoms. The van der Waals surface area contributed by atoms with Gasteiger partial charge in [-0.3, -0.25) is 9.59 Å². The summed E-state index contributed by atoms with van der Waals surface area (Å²) in [4.78, 5) is 29.1. The molecule has 4 rings (SSSR count). The maximum Gasteiger partial charge on any atom is 0.228 e. The van der Waals surface area contributed by atoms with Crippen LogP contribution in [0.5, 0.6) is 0 Å². The van der Waals surface area contributed by atoms with Crippen LogP contribution in [0.4, 0.5) is 5.69 Å². The van der Waals surface area contributed by atoms with Crippen LogP contribution < -0.4 is 4.90 Å². The topological polar surface area (TPSA) is 45.6 Å². The zero-order chi connectivity index (χ0) is 17.6. The Balaban J connectivity index is 1.51. The highest BCUT2D eigenvalue weighted by molar-refractivity contribution is 6.31. The molecule has 0 unspecified atom stereocenters. The number of anilines is 1. The summed E-state index contributed by atoms with van der Waals surface area (Å²) in [6.07, 6.45) is 2.31. The number of amides is 2. The van der Waals surface area contributed by atoms with Gasteiger partial charge in [0.15, 0.2) is 0 Å². The van der Waals surface area contributed by atoms with Gasteiger partial charge in [-0.1, -0.05) is 17.7 Å². The summed E-state index contributed by atoms with van der Waals surface area (Å²) in [6.45, 7) is 3.96. The van der Waals surface area contributed by atoms with Gasteiger partial charge < -0.3 is 14.4 Å². The van der Waals surface area contributed by atoms with E-state index in [0.29, 0.717) is 18.1 Å². The van der Waals surface area contributed by atoms with Crippen LogP contribution in [0.3, 0.4) is 0 Å². The molecule has 0 N–H and O–H groups in total. The van der Waals surface area contributed by atoms with Gasteiger partial charge in [-0.15, -0.1) is 0 Å². The van der Waals surface area contributed by atoms with Crippen molar-refractivity contribution in [1.29, 1.82) is 0 Å². The fourth-order valence-electron chi connectivity index (χ4n) is 3.88. The fourth-order valence-corrected chi connectivity index (χ4v) is 4.07. The van der Waals surface area contributed by atoms with E-state index in [4.69, 9.17) is 11.6 Å². The Bertz CT molecular complexity index is 832. The van der Waals surface area contributed by atoms with Crippen molar-refractivity contribution in [2.45, 2.75) is 25.9 Å². The normalized spacial score (nSPS) is 23.0. The number of hydrogen-bond acceptors (Lipinski definition) is 2. The molecule has 2 aliphatic heterocycles. The molecule has 2 atom stereocenters. The van der Waals surface area contributed by atoms with Crippen molar-refractivity contribution in [2.75, 3.05) is 18.0 Å². The zero-order valence-corrected chi connectivity index (χ0v) is 14.8. The second-order valence-corrected chi connectivity index (χ2v) is 7.16. The molecule has 0 bridgehead atoms. The van der Waals surface area contributed by atoms with Crippen molar-refractivity contribution in [3.63, 3.8) is 0 Å². The van der Waals surface area contributed by atoms with Crippen LogP contribution in [0.1, 0.15) is 25.1 Å². The molecule has 0 saturated carbocycles. The Kier molecular flexibility index (Phi) is 4.04. The van der Waals surface area contributed by atoms with E-state index in [2.05, 4.69) is 17.6 Å². The van der Waals surface area contributed by atoms with Gasteiger partial charge in [-0.25, -0.2) is 0 Å². The number of carbonyl (C=O) groups excluding carboxylic acids is 2. The van der Waals surface area contributed by atoms with Gasteiger partial charge in [0, 0.05) is 48.7 Å². The first-order valence-electron chi connectivity index (χ1n) is 8.56. The molecular formula is C19H20ClN3O2. The Morgan fingerprint density at radius 2 is 2.04 bits per heavy atom. The van der Waals surface area contributed by atoms with Gasteiger partial charge in [-0.05, 0) is 37.3 Å². The molecule has 2 amide bonds. The molecule has 2 aromatic rings. The first kappa shape index (κ1) is 16.2. The number of halogens is 1. The number of nitrogens with zero attached hydrogens (tertiary/aromatic N) is 3. The largest absolute Gasteiger partial charge is 0.348 e. The third kappa shape index (κ3) is 2.82. The zero-order valence-electron chi connectivity index (χ0n) is 14.1. The lowest BCUT2D eigenvalue weighted by molar-refractivity contribution is -0.139. The highest BCUT2D eigenvalue weighted by Gasteiger charge is 2.39. The monoisotopic (exact) mass is 357 g/mol. The summed E-state index contributed by atoms with van der Waals surface area (Å²) in [6, 6.07) is 11.3. The summed E-state index contributed by atoms with van der Waals surface area (Å²) in [7, 11) is 0. The van der Waals surface area contributed by atoms with Crippen LogP contribution in [0.25, 0.3) is 0 Å². The maximum atomic E-state index is 13.0. The Hall–Kier alpha value is -2.27. The van der Waals surface area contributed by atoms with Gasteiger partial charge in [0.1, 0.15) is 0 Å². The summed E-state index contributed by atoms with van der Waals surface area (Å²) in [5.41, 5.74) is 1.91. The lowest BCUT2D eigenvalue weighted by Gasteiger charge is -2.36. The van der Waals surface area contributed by atoms with Gasteiger partial charge >= 0.3 is 0 Å². The number of rotatable bonds is 2. The molecule has 0 aliphatic carbocycles. The van der Waals surface area contributed by atoms with E-state index in [9.17, 15) is 9.59 Å². The number of fused-ring (bicyclic) bond motifs is 1. The molecule has 0 radical (unpaired) electrons. The lowest BCUT2D eigenvalue weighted by atomic mass is 10.0. The molecule has 25 heavy (non-hydrogen) atoms. The third-order valence-corrected chi connectivity index (χ3v) is 5.45. The predicted octanol–water partition coefficient (Wildman–Crippen LogP) is 3.10. The Labute approximate surface area is 151 Å². The van der Waals surface area contributed by atoms with Gasteiger partial charge in [0.25, 0.3) is 0 Å². The van der Waals surface area contributed by atoms with Crippen molar-refractivity contribution in [3.8, 4) is 0 Å². The molecule has 130 valence electrons. The highest BCUT2D eigenvalue weighted by atomic mass is 35.5. The van der Waals surface area contributed by atoms with Crippen LogP contribution >= 0.6 is 11.6 Å². The first-order chi connectivity index (χ1) is 12.0. The number of hydrogen-bond donors (Lipinski definition) is 0. The van der Waals surface area contributed by atoms with E-state index in [1.165, 1.54) is 0 Å². The van der Waals surface area contributed by atoms with Crippen molar-refractivity contribution in [1.82, 2.24) is 9.47 Å². The molecule has 6 heteroatoms. The lowest BCUT2D eigenvalue weighted by Crippen LogP contribution is -2.44. The quantitative estimate of drug-likeness (QED) is 0.829. The van der Waals surface area contributed by atoms with Gasteiger partial charge in [0.05, 0.1) is 12.0 Å². The van der Waals surface area contributed by atoms with Crippen LogP contribution in [0.15, 0.2) is 42.6 Å². The van der Waals surface area contributed by atoms with Crippen LogP contribution in [0.2, 0.25) is 5.02 Å². The number of benzene rings is 1. The molecular weight excluding hydrogens is 338 g/mol. The Morgan fingerprint density at radius 1 is 1.20 bits per heavy atom. The smallest absolute Gasteiger partial charge is 0.228 e. The van der Waals surface area contributed by atoms with Crippen molar-refractivity contribution < 1.29 is 9.59 Å². The average Bonchev–Trinajstić information content (AvgIpc) is 3.21. The molecule has 5 nitrogen and oxygen atoms in total. The standard InChI is InChI=1S/C19H20ClN3O2/c1-13-17-6-3-7-21(17)8-9-22(13)19(25)14-10-18(24)23(12-14)16-5-2-4-15(20)11-16/h2-7,11,13-14H,8-10,12H2,1H3/t13-,14+/m1/s1. The number of aromatic nitrogens is 1.